The van der Waals surface area contributed by atoms with E-state index in [0.717, 1.165) is 0 Å². The highest BCUT2D eigenvalue weighted by atomic mass is 19.1. The number of carbonyl (C=O) groups is 2. The molecule has 0 aliphatic carbocycles. The number of phenols is 1. The number of amides is 1. The monoisotopic (exact) mass is 372 g/mol. The van der Waals surface area contributed by atoms with Gasteiger partial charge in [0.2, 0.25) is 0 Å². The van der Waals surface area contributed by atoms with Crippen LogP contribution < -0.4 is 9.64 Å². The molecule has 7 nitrogen and oxygen atoms in total. The van der Waals surface area contributed by atoms with Gasteiger partial charge in [0.25, 0.3) is 5.91 Å². The van der Waals surface area contributed by atoms with Crippen molar-refractivity contribution >= 4 is 17.6 Å². The van der Waals surface area contributed by atoms with Gasteiger partial charge >= 0.3 is 5.97 Å². The first-order valence-corrected chi connectivity index (χ1v) is 7.93. The van der Waals surface area contributed by atoms with Gasteiger partial charge in [-0.25, -0.2) is 9.18 Å². The number of hydrogen-bond donors (Lipinski definition) is 1. The normalized spacial score (nSPS) is 9.96. The van der Waals surface area contributed by atoms with Crippen LogP contribution in [0.4, 0.5) is 10.1 Å². The molecule has 0 unspecified atom stereocenters. The second kappa shape index (κ2) is 9.20. The van der Waals surface area contributed by atoms with Crippen molar-refractivity contribution in [3.63, 3.8) is 0 Å². The van der Waals surface area contributed by atoms with E-state index in [9.17, 15) is 19.1 Å². The molecule has 0 saturated carbocycles. The molecule has 2 rings (SSSR count). The molecule has 2 aromatic rings. The summed E-state index contributed by atoms with van der Waals surface area (Å²) in [5, 5.41) is 18.6. The molecule has 2 aromatic carbocycles. The standard InChI is InChI=1S/C19H17FN2O5/c1-26-15-7-8-16(17(23)11-15)19(25)27-12-18(24)22(10-2-9-21)14-5-3-13(20)4-6-14/h3-8,11,23H,2,10,12H2,1H3. The fourth-order valence-electron chi connectivity index (χ4n) is 2.27. The first kappa shape index (κ1) is 19.7. The van der Waals surface area contributed by atoms with E-state index in [1.165, 1.54) is 54.5 Å². The maximum atomic E-state index is 13.1. The second-order valence-electron chi connectivity index (χ2n) is 5.39. The van der Waals surface area contributed by atoms with Gasteiger partial charge in [0.1, 0.15) is 22.9 Å². The number of rotatable bonds is 7. The van der Waals surface area contributed by atoms with Crippen LogP contribution in [0.1, 0.15) is 16.8 Å². The highest BCUT2D eigenvalue weighted by molar-refractivity contribution is 5.98. The lowest BCUT2D eigenvalue weighted by atomic mass is 10.2. The summed E-state index contributed by atoms with van der Waals surface area (Å²) in [6.45, 7) is -0.542. The van der Waals surface area contributed by atoms with Crippen LogP contribution in [-0.4, -0.2) is 37.2 Å². The number of esters is 1. The molecule has 0 aliphatic heterocycles. The zero-order valence-electron chi connectivity index (χ0n) is 14.5. The van der Waals surface area contributed by atoms with E-state index < -0.39 is 24.3 Å². The third-order valence-corrected chi connectivity index (χ3v) is 3.64. The summed E-state index contributed by atoms with van der Waals surface area (Å²) < 4.78 is 23.0. The van der Waals surface area contributed by atoms with Crippen molar-refractivity contribution in [2.75, 3.05) is 25.2 Å². The van der Waals surface area contributed by atoms with Crippen LogP contribution in [-0.2, 0) is 9.53 Å². The second-order valence-corrected chi connectivity index (χ2v) is 5.39. The molecule has 0 radical (unpaired) electrons. The van der Waals surface area contributed by atoms with Crippen molar-refractivity contribution < 1.29 is 28.6 Å². The number of benzene rings is 2. The van der Waals surface area contributed by atoms with Gasteiger partial charge in [-0.1, -0.05) is 0 Å². The smallest absolute Gasteiger partial charge is 0.342 e. The molecular formula is C19H17FN2O5. The number of carbonyl (C=O) groups excluding carboxylic acids is 2. The van der Waals surface area contributed by atoms with Crippen molar-refractivity contribution in [1.82, 2.24) is 0 Å². The minimum absolute atomic E-state index is 0.0519. The van der Waals surface area contributed by atoms with Crippen LogP contribution in [0.5, 0.6) is 11.5 Å². The van der Waals surface area contributed by atoms with Crippen molar-refractivity contribution in [2.24, 2.45) is 0 Å². The zero-order valence-corrected chi connectivity index (χ0v) is 14.5. The van der Waals surface area contributed by atoms with Gasteiger partial charge in [-0.15, -0.1) is 0 Å². The molecule has 0 bridgehead atoms. The Balaban J connectivity index is 2.07. The zero-order chi connectivity index (χ0) is 19.8. The van der Waals surface area contributed by atoms with Gasteiger partial charge in [0, 0.05) is 18.3 Å². The Kier molecular flexibility index (Phi) is 6.72. The van der Waals surface area contributed by atoms with Crippen LogP contribution in [0.15, 0.2) is 42.5 Å². The highest BCUT2D eigenvalue weighted by Crippen LogP contribution is 2.24. The molecule has 0 heterocycles. The number of ether oxygens (including phenoxy) is 2. The fraction of sp³-hybridized carbons (Fsp3) is 0.211. The van der Waals surface area contributed by atoms with Crippen LogP contribution in [0.2, 0.25) is 0 Å². The van der Waals surface area contributed by atoms with Gasteiger partial charge in [0.15, 0.2) is 6.61 Å². The topological polar surface area (TPSA) is 99.9 Å². The Morgan fingerprint density at radius 1 is 1.22 bits per heavy atom. The summed E-state index contributed by atoms with van der Waals surface area (Å²) in [6.07, 6.45) is 0.0519. The molecule has 0 saturated heterocycles. The predicted octanol–water partition coefficient (Wildman–Crippen LogP) is 2.64. The van der Waals surface area contributed by atoms with E-state index in [2.05, 4.69) is 0 Å². The number of phenolic OH excluding ortho intramolecular Hbond substituents is 1. The fourth-order valence-corrected chi connectivity index (χ4v) is 2.27. The summed E-state index contributed by atoms with van der Waals surface area (Å²) in [5.74, 6) is -1.92. The number of methoxy groups -OCH3 is 1. The first-order chi connectivity index (χ1) is 13.0. The van der Waals surface area contributed by atoms with Crippen LogP contribution >= 0.6 is 0 Å². The van der Waals surface area contributed by atoms with E-state index in [4.69, 9.17) is 14.7 Å². The van der Waals surface area contributed by atoms with Crippen molar-refractivity contribution in [3.05, 3.63) is 53.8 Å². The summed E-state index contributed by atoms with van der Waals surface area (Å²) in [7, 11) is 1.41. The molecule has 27 heavy (non-hydrogen) atoms. The van der Waals surface area contributed by atoms with Gasteiger partial charge in [-0.2, -0.15) is 5.26 Å². The van der Waals surface area contributed by atoms with Crippen molar-refractivity contribution in [3.8, 4) is 17.6 Å². The van der Waals surface area contributed by atoms with Crippen LogP contribution in [0, 0.1) is 17.1 Å². The largest absolute Gasteiger partial charge is 0.507 e. The number of nitrogens with zero attached hydrogens (tertiary/aromatic N) is 2. The quantitative estimate of drug-likeness (QED) is 0.750. The number of aromatic hydroxyl groups is 1. The summed E-state index contributed by atoms with van der Waals surface area (Å²) >= 11 is 0. The average Bonchev–Trinajstić information content (AvgIpc) is 2.67. The molecule has 0 aliphatic rings. The Morgan fingerprint density at radius 3 is 2.52 bits per heavy atom. The van der Waals surface area contributed by atoms with Crippen molar-refractivity contribution in [2.45, 2.75) is 6.42 Å². The minimum Gasteiger partial charge on any atom is -0.507 e. The third-order valence-electron chi connectivity index (χ3n) is 3.64. The molecular weight excluding hydrogens is 355 g/mol. The average molecular weight is 372 g/mol. The Morgan fingerprint density at radius 2 is 1.93 bits per heavy atom. The Hall–Kier alpha value is -3.60. The first-order valence-electron chi connectivity index (χ1n) is 7.93. The van der Waals surface area contributed by atoms with Crippen molar-refractivity contribution in [1.29, 1.82) is 5.26 Å². The maximum absolute atomic E-state index is 13.1. The van der Waals surface area contributed by atoms with E-state index >= 15 is 0 Å². The van der Waals surface area contributed by atoms with Crippen LogP contribution in [0.25, 0.3) is 0 Å². The lowest BCUT2D eigenvalue weighted by Crippen LogP contribution is -2.35. The Labute approximate surface area is 155 Å². The molecule has 140 valence electrons. The van der Waals surface area contributed by atoms with E-state index in [1.807, 2.05) is 6.07 Å². The third kappa shape index (κ3) is 5.19. The maximum Gasteiger partial charge on any atom is 0.342 e. The minimum atomic E-state index is -0.886. The molecule has 0 atom stereocenters. The molecule has 8 heteroatoms. The summed E-state index contributed by atoms with van der Waals surface area (Å²) in [5.41, 5.74) is 0.258. The number of nitriles is 1. The number of hydrogen-bond acceptors (Lipinski definition) is 6. The lowest BCUT2D eigenvalue weighted by Gasteiger charge is -2.21. The molecule has 0 aromatic heterocycles. The van der Waals surface area contributed by atoms with Gasteiger partial charge in [-0.3, -0.25) is 4.79 Å². The van der Waals surface area contributed by atoms with Gasteiger partial charge < -0.3 is 19.5 Å². The molecule has 0 spiro atoms. The summed E-state index contributed by atoms with van der Waals surface area (Å²) in [6, 6.07) is 11.1. The van der Waals surface area contributed by atoms with Gasteiger partial charge in [-0.05, 0) is 36.4 Å². The number of anilines is 1. The highest BCUT2D eigenvalue weighted by Gasteiger charge is 2.20. The SMILES string of the molecule is COc1ccc(C(=O)OCC(=O)N(CCC#N)c2ccc(F)cc2)c(O)c1. The molecule has 0 fully saturated rings. The lowest BCUT2D eigenvalue weighted by molar-refractivity contribution is -0.121. The molecule has 1 N–H and O–H groups in total. The Bertz CT molecular complexity index is 861. The number of halogens is 1. The van der Waals surface area contributed by atoms with E-state index in [0.29, 0.717) is 11.4 Å². The van der Waals surface area contributed by atoms with E-state index in [-0.39, 0.29) is 24.3 Å². The van der Waals surface area contributed by atoms with Gasteiger partial charge in [0.05, 0.1) is 19.6 Å². The predicted molar refractivity (Wildman–Crippen MR) is 93.9 cm³/mol. The van der Waals surface area contributed by atoms with Crippen LogP contribution in [0.3, 0.4) is 0 Å². The van der Waals surface area contributed by atoms with E-state index in [1.54, 1.807) is 0 Å². The summed E-state index contributed by atoms with van der Waals surface area (Å²) in [4.78, 5) is 25.7. The molecule has 1 amide bonds.